The van der Waals surface area contributed by atoms with Crippen LogP contribution in [0.5, 0.6) is 0 Å². The van der Waals surface area contributed by atoms with Crippen molar-refractivity contribution >= 4 is 11.9 Å². The van der Waals surface area contributed by atoms with Crippen molar-refractivity contribution in [3.05, 3.63) is 70.8 Å². The Balaban J connectivity index is 1.74. The zero-order valence-electron chi connectivity index (χ0n) is 15.7. The van der Waals surface area contributed by atoms with E-state index in [2.05, 4.69) is 20.9 Å². The maximum Gasteiger partial charge on any atom is 0.416 e. The lowest BCUT2D eigenvalue weighted by atomic mass is 10.1. The molecule has 0 aliphatic rings. The summed E-state index contributed by atoms with van der Waals surface area (Å²) < 4.78 is 37.6. The van der Waals surface area contributed by atoms with Gasteiger partial charge in [-0.1, -0.05) is 24.3 Å². The van der Waals surface area contributed by atoms with Gasteiger partial charge in [0.2, 0.25) is 0 Å². The Labute approximate surface area is 162 Å². The molecule has 0 spiro atoms. The third-order valence-corrected chi connectivity index (χ3v) is 4.11. The molecule has 3 N–H and O–H groups in total. The summed E-state index contributed by atoms with van der Waals surface area (Å²) in [6.45, 7) is 3.36. The number of carbonyl (C=O) groups is 1. The van der Waals surface area contributed by atoms with Crippen LogP contribution in [-0.2, 0) is 12.7 Å². The smallest absolute Gasteiger partial charge is 0.355 e. The zero-order valence-corrected chi connectivity index (χ0v) is 15.7. The maximum absolute atomic E-state index is 12.5. The van der Waals surface area contributed by atoms with Gasteiger partial charge in [0.15, 0.2) is 5.96 Å². The molecule has 28 heavy (non-hydrogen) atoms. The van der Waals surface area contributed by atoms with Gasteiger partial charge in [-0.15, -0.1) is 0 Å². The minimum Gasteiger partial charge on any atom is -0.355 e. The normalized spacial score (nSPS) is 11.8. The van der Waals surface area contributed by atoms with Crippen LogP contribution in [0.25, 0.3) is 0 Å². The Morgan fingerprint density at radius 1 is 0.964 bits per heavy atom. The highest BCUT2D eigenvalue weighted by atomic mass is 19.4. The highest BCUT2D eigenvalue weighted by molar-refractivity contribution is 5.94. The monoisotopic (exact) mass is 392 g/mol. The van der Waals surface area contributed by atoms with Gasteiger partial charge in [0.05, 0.1) is 5.56 Å². The number of nitrogens with one attached hydrogen (secondary N) is 3. The number of hydrogen-bond donors (Lipinski definition) is 3. The van der Waals surface area contributed by atoms with Gasteiger partial charge in [-0.2, -0.15) is 13.2 Å². The van der Waals surface area contributed by atoms with E-state index < -0.39 is 17.6 Å². The van der Waals surface area contributed by atoms with Gasteiger partial charge in [-0.05, 0) is 42.3 Å². The molecule has 0 radical (unpaired) electrons. The number of carbonyl (C=O) groups excluding carboxylic acids is 1. The number of guanidine groups is 1. The second-order valence-electron chi connectivity index (χ2n) is 6.11. The Morgan fingerprint density at radius 3 is 2.21 bits per heavy atom. The van der Waals surface area contributed by atoms with E-state index in [1.165, 1.54) is 5.56 Å². The van der Waals surface area contributed by atoms with Crippen LogP contribution in [0.1, 0.15) is 27.0 Å². The van der Waals surface area contributed by atoms with Crippen molar-refractivity contribution < 1.29 is 18.0 Å². The molecule has 0 aromatic heterocycles. The predicted octanol–water partition coefficient (Wildman–Crippen LogP) is 3.11. The van der Waals surface area contributed by atoms with E-state index in [0.29, 0.717) is 25.6 Å². The Kier molecular flexibility index (Phi) is 7.43. The summed E-state index contributed by atoms with van der Waals surface area (Å²) >= 11 is 0. The predicted molar refractivity (Wildman–Crippen MR) is 103 cm³/mol. The number of aliphatic imine (C=N–C) groups is 1. The van der Waals surface area contributed by atoms with Gasteiger partial charge in [-0.3, -0.25) is 9.79 Å². The van der Waals surface area contributed by atoms with Gasteiger partial charge < -0.3 is 16.0 Å². The average Bonchev–Trinajstić information content (AvgIpc) is 2.68. The van der Waals surface area contributed by atoms with Crippen molar-refractivity contribution in [3.8, 4) is 0 Å². The van der Waals surface area contributed by atoms with Gasteiger partial charge in [-0.25, -0.2) is 0 Å². The number of hydrogen-bond acceptors (Lipinski definition) is 2. The first kappa shape index (κ1) is 21.3. The van der Waals surface area contributed by atoms with E-state index >= 15 is 0 Å². The average molecular weight is 392 g/mol. The van der Waals surface area contributed by atoms with Crippen molar-refractivity contribution in [1.29, 1.82) is 0 Å². The van der Waals surface area contributed by atoms with Crippen LogP contribution in [0, 0.1) is 6.92 Å². The molecule has 2 rings (SSSR count). The Bertz CT molecular complexity index is 817. The molecule has 0 aliphatic heterocycles. The second-order valence-corrected chi connectivity index (χ2v) is 6.11. The summed E-state index contributed by atoms with van der Waals surface area (Å²) in [5, 5.41) is 8.91. The molecule has 0 atom stereocenters. The molecule has 150 valence electrons. The first-order valence-electron chi connectivity index (χ1n) is 8.75. The largest absolute Gasteiger partial charge is 0.416 e. The van der Waals surface area contributed by atoms with Crippen LogP contribution in [0.15, 0.2) is 53.5 Å². The maximum atomic E-state index is 12.5. The molecule has 5 nitrogen and oxygen atoms in total. The Morgan fingerprint density at radius 2 is 1.61 bits per heavy atom. The number of aryl methyl sites for hydroxylation is 1. The summed E-state index contributed by atoms with van der Waals surface area (Å²) in [4.78, 5) is 16.1. The van der Waals surface area contributed by atoms with Crippen LogP contribution in [0.4, 0.5) is 13.2 Å². The quantitative estimate of drug-likeness (QED) is 0.402. The number of alkyl halides is 3. The van der Waals surface area contributed by atoms with Crippen molar-refractivity contribution in [2.24, 2.45) is 4.99 Å². The van der Waals surface area contributed by atoms with E-state index in [-0.39, 0.29) is 5.56 Å². The summed E-state index contributed by atoms with van der Waals surface area (Å²) in [5.74, 6) is 0.158. The minimum atomic E-state index is -4.42. The second kappa shape index (κ2) is 9.77. The van der Waals surface area contributed by atoms with Crippen LogP contribution in [0.3, 0.4) is 0 Å². The highest BCUT2D eigenvalue weighted by Gasteiger charge is 2.30. The van der Waals surface area contributed by atoms with Crippen LogP contribution in [-0.4, -0.2) is 32.0 Å². The fraction of sp³-hybridized carbons (Fsp3) is 0.300. The minimum absolute atomic E-state index is 0.176. The summed E-state index contributed by atoms with van der Waals surface area (Å²) in [7, 11) is 1.65. The first-order chi connectivity index (χ1) is 13.3. The van der Waals surface area contributed by atoms with E-state index in [1.54, 1.807) is 7.05 Å². The first-order valence-corrected chi connectivity index (χ1v) is 8.75. The fourth-order valence-electron chi connectivity index (χ4n) is 2.48. The molecule has 0 saturated carbocycles. The number of benzene rings is 2. The fourth-order valence-corrected chi connectivity index (χ4v) is 2.48. The van der Waals surface area contributed by atoms with Gasteiger partial charge >= 0.3 is 6.18 Å². The molecule has 0 heterocycles. The molecule has 1 amide bonds. The molecule has 0 aliphatic carbocycles. The lowest BCUT2D eigenvalue weighted by Gasteiger charge is -2.13. The van der Waals surface area contributed by atoms with Crippen LogP contribution >= 0.6 is 0 Å². The Hall–Kier alpha value is -3.03. The SMILES string of the molecule is CN=C(NCCNC(=O)c1ccc(C(F)(F)F)cc1)NCc1ccccc1C. The van der Waals surface area contributed by atoms with Crippen LogP contribution in [0.2, 0.25) is 0 Å². The number of nitrogens with zero attached hydrogens (tertiary/aromatic N) is 1. The molecule has 2 aromatic carbocycles. The lowest BCUT2D eigenvalue weighted by molar-refractivity contribution is -0.137. The highest BCUT2D eigenvalue weighted by Crippen LogP contribution is 2.29. The molecule has 0 saturated heterocycles. The van der Waals surface area contributed by atoms with Gasteiger partial charge in [0.1, 0.15) is 0 Å². The summed E-state index contributed by atoms with van der Waals surface area (Å²) in [5.41, 5.74) is 1.72. The molecule has 8 heteroatoms. The van der Waals surface area contributed by atoms with Crippen molar-refractivity contribution in [2.75, 3.05) is 20.1 Å². The zero-order chi connectivity index (χ0) is 20.6. The standard InChI is InChI=1S/C20H23F3N4O/c1-14-5-3-4-6-16(14)13-27-19(24-2)26-12-11-25-18(28)15-7-9-17(10-8-15)20(21,22)23/h3-10H,11-13H2,1-2H3,(H,25,28)(H2,24,26,27). The van der Waals surface area contributed by atoms with E-state index in [9.17, 15) is 18.0 Å². The van der Waals surface area contributed by atoms with Crippen molar-refractivity contribution in [2.45, 2.75) is 19.6 Å². The lowest BCUT2D eigenvalue weighted by Crippen LogP contribution is -2.41. The number of amides is 1. The molecule has 0 unspecified atom stereocenters. The molecule has 2 aromatic rings. The van der Waals surface area contributed by atoms with E-state index in [1.807, 2.05) is 31.2 Å². The summed E-state index contributed by atoms with van der Waals surface area (Å²) in [6, 6.07) is 12.1. The van der Waals surface area contributed by atoms with Crippen molar-refractivity contribution in [3.63, 3.8) is 0 Å². The number of rotatable bonds is 6. The molecule has 0 bridgehead atoms. The summed E-state index contributed by atoms with van der Waals surface area (Å²) in [6.07, 6.45) is -4.42. The van der Waals surface area contributed by atoms with Crippen LogP contribution < -0.4 is 16.0 Å². The third kappa shape index (κ3) is 6.29. The van der Waals surface area contributed by atoms with E-state index in [4.69, 9.17) is 0 Å². The van der Waals surface area contributed by atoms with Crippen molar-refractivity contribution in [1.82, 2.24) is 16.0 Å². The third-order valence-electron chi connectivity index (χ3n) is 4.11. The molecular weight excluding hydrogens is 369 g/mol. The van der Waals surface area contributed by atoms with Gasteiger partial charge in [0.25, 0.3) is 5.91 Å². The molecular formula is C20H23F3N4O. The van der Waals surface area contributed by atoms with E-state index in [0.717, 1.165) is 29.8 Å². The topological polar surface area (TPSA) is 65.5 Å². The number of halogens is 3. The van der Waals surface area contributed by atoms with Gasteiger partial charge in [0, 0.05) is 32.2 Å². The molecule has 0 fully saturated rings.